The molecule has 2 N–H and O–H groups in total. The average Bonchev–Trinajstić information content (AvgIpc) is 3.11. The molecule has 2 aromatic heterocycles. The van der Waals surface area contributed by atoms with Gasteiger partial charge in [0, 0.05) is 47.9 Å². The molecule has 0 amide bonds. The van der Waals surface area contributed by atoms with Crippen molar-refractivity contribution in [3.63, 3.8) is 0 Å². The Bertz CT molecular complexity index is 949. The van der Waals surface area contributed by atoms with Crippen molar-refractivity contribution in [2.45, 2.75) is 53.0 Å². The molecule has 0 saturated heterocycles. The molecule has 31 heavy (non-hydrogen) atoms. The first-order valence-corrected chi connectivity index (χ1v) is 11.1. The van der Waals surface area contributed by atoms with Gasteiger partial charge in [0.25, 0.3) is 0 Å². The number of nitrogens with one attached hydrogen (secondary N) is 2. The van der Waals surface area contributed by atoms with Gasteiger partial charge in [0.05, 0.1) is 11.7 Å². The number of anilines is 1. The number of hydrogen-bond donors (Lipinski definition) is 2. The van der Waals surface area contributed by atoms with Gasteiger partial charge >= 0.3 is 0 Å². The van der Waals surface area contributed by atoms with Crippen LogP contribution in [0.4, 0.5) is 5.82 Å². The van der Waals surface area contributed by atoms with E-state index in [4.69, 9.17) is 10.1 Å². The maximum Gasteiger partial charge on any atom is 0.128 e. The van der Waals surface area contributed by atoms with Gasteiger partial charge in [-0.2, -0.15) is 5.10 Å². The molecule has 5 nitrogen and oxygen atoms in total. The molecule has 0 bridgehead atoms. The Morgan fingerprint density at radius 3 is 2.68 bits per heavy atom. The SMILES string of the molecule is C=C/C=C\C=C/C(C)n1nc(-c2cnc(CCCC)c(C(=C)NCC)c2)c(C)c1NC. The van der Waals surface area contributed by atoms with Crippen LogP contribution in [-0.4, -0.2) is 28.4 Å². The Morgan fingerprint density at radius 2 is 2.03 bits per heavy atom. The molecule has 0 aliphatic rings. The molecule has 5 heteroatoms. The standard InChI is InChI=1S/C26H37N5/c1-8-11-13-14-15-19(4)31-26(27-7)20(5)25(30-31)22-17-23(21(6)28-10-3)24(29-18-22)16-12-9-2/h8,11,13-15,17-19,27-28H,1,6,9-10,12,16H2,2-5,7H3/b13-11-,15-14-. The molecule has 0 spiro atoms. The van der Waals surface area contributed by atoms with Crippen LogP contribution < -0.4 is 10.6 Å². The van der Waals surface area contributed by atoms with Crippen molar-refractivity contribution in [1.29, 1.82) is 0 Å². The summed E-state index contributed by atoms with van der Waals surface area (Å²) in [4.78, 5) is 4.81. The van der Waals surface area contributed by atoms with E-state index in [2.05, 4.69) is 63.6 Å². The highest BCUT2D eigenvalue weighted by molar-refractivity contribution is 5.74. The molecular formula is C26H37N5. The second-order valence-corrected chi connectivity index (χ2v) is 7.59. The van der Waals surface area contributed by atoms with Crippen molar-refractivity contribution >= 4 is 11.5 Å². The number of hydrogen-bond acceptors (Lipinski definition) is 4. The molecule has 0 radical (unpaired) electrons. The van der Waals surface area contributed by atoms with E-state index in [0.29, 0.717) is 0 Å². The smallest absolute Gasteiger partial charge is 0.128 e. The molecule has 0 aromatic carbocycles. The van der Waals surface area contributed by atoms with Crippen molar-refractivity contribution in [1.82, 2.24) is 20.1 Å². The van der Waals surface area contributed by atoms with E-state index in [9.17, 15) is 0 Å². The summed E-state index contributed by atoms with van der Waals surface area (Å²) in [5.74, 6) is 1.00. The molecule has 166 valence electrons. The number of unbranched alkanes of at least 4 members (excludes halogenated alkanes) is 1. The molecule has 2 aromatic rings. The van der Waals surface area contributed by atoms with E-state index >= 15 is 0 Å². The predicted octanol–water partition coefficient (Wildman–Crippen LogP) is 6.08. The predicted molar refractivity (Wildman–Crippen MR) is 134 cm³/mol. The Kier molecular flexibility index (Phi) is 9.32. The summed E-state index contributed by atoms with van der Waals surface area (Å²) in [6.07, 6.45) is 14.9. The van der Waals surface area contributed by atoms with Crippen LogP contribution in [-0.2, 0) is 6.42 Å². The van der Waals surface area contributed by atoms with Crippen LogP contribution >= 0.6 is 0 Å². The highest BCUT2D eigenvalue weighted by Gasteiger charge is 2.19. The molecule has 1 atom stereocenters. The highest BCUT2D eigenvalue weighted by Crippen LogP contribution is 2.32. The maximum atomic E-state index is 4.96. The van der Waals surface area contributed by atoms with Crippen LogP contribution in [0.3, 0.4) is 0 Å². The lowest BCUT2D eigenvalue weighted by Crippen LogP contribution is -2.12. The number of allylic oxidation sites excluding steroid dienone is 5. The van der Waals surface area contributed by atoms with Gasteiger partial charge in [-0.05, 0) is 39.7 Å². The summed E-state index contributed by atoms with van der Waals surface area (Å²) in [6, 6.07) is 2.27. The van der Waals surface area contributed by atoms with E-state index in [1.54, 1.807) is 6.08 Å². The van der Waals surface area contributed by atoms with Crippen molar-refractivity contribution in [3.05, 3.63) is 72.6 Å². The van der Waals surface area contributed by atoms with E-state index < -0.39 is 0 Å². The van der Waals surface area contributed by atoms with E-state index in [-0.39, 0.29) is 6.04 Å². The second-order valence-electron chi connectivity index (χ2n) is 7.59. The van der Waals surface area contributed by atoms with Gasteiger partial charge in [-0.3, -0.25) is 4.98 Å². The Morgan fingerprint density at radius 1 is 1.26 bits per heavy atom. The summed E-state index contributed by atoms with van der Waals surface area (Å²) in [6.45, 7) is 17.3. The number of nitrogens with zero attached hydrogens (tertiary/aromatic N) is 3. The van der Waals surface area contributed by atoms with Crippen molar-refractivity contribution in [2.75, 3.05) is 18.9 Å². The molecular weight excluding hydrogens is 382 g/mol. The number of aryl methyl sites for hydroxylation is 1. The fourth-order valence-corrected chi connectivity index (χ4v) is 3.57. The van der Waals surface area contributed by atoms with E-state index in [0.717, 1.165) is 65.4 Å². The lowest BCUT2D eigenvalue weighted by atomic mass is 10.0. The minimum absolute atomic E-state index is 0.0948. The van der Waals surface area contributed by atoms with E-state index in [1.165, 1.54) is 0 Å². The van der Waals surface area contributed by atoms with Crippen LogP contribution in [0.5, 0.6) is 0 Å². The van der Waals surface area contributed by atoms with Gasteiger partial charge in [-0.1, -0.05) is 56.9 Å². The number of pyridine rings is 1. The fourth-order valence-electron chi connectivity index (χ4n) is 3.57. The van der Waals surface area contributed by atoms with Crippen molar-refractivity contribution in [3.8, 4) is 11.3 Å². The van der Waals surface area contributed by atoms with Crippen molar-refractivity contribution in [2.24, 2.45) is 0 Å². The zero-order valence-electron chi connectivity index (χ0n) is 19.7. The van der Waals surface area contributed by atoms with E-state index in [1.807, 2.05) is 36.2 Å². The average molecular weight is 420 g/mol. The molecule has 2 heterocycles. The summed E-state index contributed by atoms with van der Waals surface area (Å²) in [5, 5.41) is 11.6. The quantitative estimate of drug-likeness (QED) is 0.410. The minimum atomic E-state index is 0.0948. The van der Waals surface area contributed by atoms with Gasteiger partial charge in [0.2, 0.25) is 0 Å². The molecule has 0 fully saturated rings. The largest absolute Gasteiger partial charge is 0.385 e. The molecule has 0 aliphatic heterocycles. The maximum absolute atomic E-state index is 4.96. The van der Waals surface area contributed by atoms with Crippen LogP contribution in [0, 0.1) is 6.92 Å². The van der Waals surface area contributed by atoms with Crippen LogP contribution in [0.15, 0.2) is 55.8 Å². The first-order valence-electron chi connectivity index (χ1n) is 11.1. The number of rotatable bonds is 12. The van der Waals surface area contributed by atoms with Crippen molar-refractivity contribution < 1.29 is 0 Å². The second kappa shape index (κ2) is 11.9. The van der Waals surface area contributed by atoms with Gasteiger partial charge in [0.1, 0.15) is 5.82 Å². The molecule has 0 aliphatic carbocycles. The third-order valence-electron chi connectivity index (χ3n) is 5.24. The van der Waals surface area contributed by atoms with Crippen LogP contribution in [0.25, 0.3) is 17.0 Å². The van der Waals surface area contributed by atoms with Gasteiger partial charge in [-0.15, -0.1) is 0 Å². The van der Waals surface area contributed by atoms with Gasteiger partial charge < -0.3 is 10.6 Å². The summed E-state index contributed by atoms with van der Waals surface area (Å²) >= 11 is 0. The molecule has 2 rings (SSSR count). The first kappa shape index (κ1) is 24.2. The minimum Gasteiger partial charge on any atom is -0.385 e. The highest BCUT2D eigenvalue weighted by atomic mass is 15.3. The Hall–Kier alpha value is -3.08. The molecule has 0 saturated carbocycles. The fraction of sp³-hybridized carbons (Fsp3) is 0.385. The zero-order valence-corrected chi connectivity index (χ0v) is 19.7. The lowest BCUT2D eigenvalue weighted by molar-refractivity contribution is 0.589. The first-order chi connectivity index (χ1) is 15.0. The van der Waals surface area contributed by atoms with Gasteiger partial charge in [-0.25, -0.2) is 4.68 Å². The van der Waals surface area contributed by atoms with Crippen LogP contribution in [0.1, 0.15) is 56.5 Å². The normalized spacial score (nSPS) is 12.4. The summed E-state index contributed by atoms with van der Waals surface area (Å²) < 4.78 is 2.02. The monoisotopic (exact) mass is 419 g/mol. The summed E-state index contributed by atoms with van der Waals surface area (Å²) in [5.41, 5.74) is 6.13. The Labute approximate surface area is 187 Å². The third-order valence-corrected chi connectivity index (χ3v) is 5.24. The summed E-state index contributed by atoms with van der Waals surface area (Å²) in [7, 11) is 1.93. The van der Waals surface area contributed by atoms with Gasteiger partial charge in [0.15, 0.2) is 0 Å². The Balaban J connectivity index is 2.49. The molecule has 1 unspecified atom stereocenters. The topological polar surface area (TPSA) is 54.8 Å². The number of aromatic nitrogens is 3. The zero-order chi connectivity index (χ0) is 22.8. The lowest BCUT2D eigenvalue weighted by Gasteiger charge is -2.14. The third kappa shape index (κ3) is 5.97. The van der Waals surface area contributed by atoms with Crippen LogP contribution in [0.2, 0.25) is 0 Å².